The molecule has 0 radical (unpaired) electrons. The number of hydrogen-bond donors (Lipinski definition) is 3. The van der Waals surface area contributed by atoms with Gasteiger partial charge in [0.1, 0.15) is 0 Å². The van der Waals surface area contributed by atoms with Crippen LogP contribution >= 0.6 is 0 Å². The quantitative estimate of drug-likeness (QED) is 0.688. The fourth-order valence-corrected chi connectivity index (χ4v) is 3.70. The van der Waals surface area contributed by atoms with Crippen LogP contribution in [0.15, 0.2) is 22.8 Å². The Hall–Kier alpha value is -1.82. The summed E-state index contributed by atoms with van der Waals surface area (Å²) in [4.78, 5) is 23.8. The molecule has 4 atom stereocenters. The highest BCUT2D eigenvalue weighted by atomic mass is 16.3. The molecule has 1 aromatic heterocycles. The van der Waals surface area contributed by atoms with Gasteiger partial charge < -0.3 is 20.8 Å². The maximum Gasteiger partial charge on any atom is 0.287 e. The Kier molecular flexibility index (Phi) is 3.96. The van der Waals surface area contributed by atoms with Gasteiger partial charge in [0, 0.05) is 19.1 Å². The summed E-state index contributed by atoms with van der Waals surface area (Å²) in [5.41, 5.74) is 6.14. The Balaban J connectivity index is 1.40. The first kappa shape index (κ1) is 14.1. The van der Waals surface area contributed by atoms with Gasteiger partial charge >= 0.3 is 0 Å². The Morgan fingerprint density at radius 3 is 2.67 bits per heavy atom. The average molecular weight is 291 g/mol. The molecule has 0 aliphatic heterocycles. The lowest BCUT2D eigenvalue weighted by Crippen LogP contribution is -2.46. The number of nitrogens with two attached hydrogens (primary N) is 1. The Labute approximate surface area is 123 Å². The van der Waals surface area contributed by atoms with Gasteiger partial charge in [-0.3, -0.25) is 9.59 Å². The third-order valence-electron chi connectivity index (χ3n) is 4.74. The lowest BCUT2D eigenvalue weighted by molar-refractivity contribution is -0.127. The summed E-state index contributed by atoms with van der Waals surface area (Å²) in [6.45, 7) is 0.785. The van der Waals surface area contributed by atoms with E-state index < -0.39 is 0 Å². The second-order valence-electron chi connectivity index (χ2n) is 5.96. The largest absolute Gasteiger partial charge is 0.459 e. The van der Waals surface area contributed by atoms with Crippen molar-refractivity contribution in [2.75, 3.05) is 13.1 Å². The van der Waals surface area contributed by atoms with Crippen molar-refractivity contribution < 1.29 is 14.0 Å². The minimum atomic E-state index is -0.272. The molecule has 6 heteroatoms. The molecule has 2 amide bonds. The lowest BCUT2D eigenvalue weighted by atomic mass is 9.84. The van der Waals surface area contributed by atoms with Gasteiger partial charge in [0.2, 0.25) is 5.91 Å². The van der Waals surface area contributed by atoms with Gasteiger partial charge in [-0.2, -0.15) is 0 Å². The van der Waals surface area contributed by atoms with Gasteiger partial charge in [-0.25, -0.2) is 0 Å². The van der Waals surface area contributed by atoms with E-state index in [0.717, 1.165) is 19.3 Å². The van der Waals surface area contributed by atoms with Crippen LogP contribution in [-0.4, -0.2) is 30.9 Å². The molecule has 2 saturated carbocycles. The fourth-order valence-electron chi connectivity index (χ4n) is 3.70. The van der Waals surface area contributed by atoms with Crippen molar-refractivity contribution in [2.24, 2.45) is 23.5 Å². The lowest BCUT2D eigenvalue weighted by Gasteiger charge is -2.27. The van der Waals surface area contributed by atoms with Crippen molar-refractivity contribution in [3.8, 4) is 0 Å². The number of hydrogen-bond acceptors (Lipinski definition) is 4. The third kappa shape index (κ3) is 2.81. The SMILES string of the molecule is NC1C2CCC(C2)C1C(=O)NCCNC(=O)c1ccco1. The van der Waals surface area contributed by atoms with Crippen molar-refractivity contribution in [3.63, 3.8) is 0 Å². The number of rotatable bonds is 5. The molecule has 2 aliphatic rings. The van der Waals surface area contributed by atoms with Crippen LogP contribution in [0.1, 0.15) is 29.8 Å². The summed E-state index contributed by atoms with van der Waals surface area (Å²) in [6, 6.07) is 3.26. The van der Waals surface area contributed by atoms with Crippen molar-refractivity contribution in [2.45, 2.75) is 25.3 Å². The van der Waals surface area contributed by atoms with Crippen LogP contribution in [-0.2, 0) is 4.79 Å². The highest BCUT2D eigenvalue weighted by molar-refractivity contribution is 5.91. The first-order chi connectivity index (χ1) is 10.2. The zero-order valence-electron chi connectivity index (χ0n) is 11.9. The summed E-state index contributed by atoms with van der Waals surface area (Å²) in [5.74, 6) is 0.945. The van der Waals surface area contributed by atoms with Crippen molar-refractivity contribution in [1.29, 1.82) is 0 Å². The number of nitrogens with one attached hydrogen (secondary N) is 2. The van der Waals surface area contributed by atoms with Gasteiger partial charge in [-0.05, 0) is 43.2 Å². The van der Waals surface area contributed by atoms with E-state index in [0.29, 0.717) is 24.9 Å². The molecule has 21 heavy (non-hydrogen) atoms. The second-order valence-corrected chi connectivity index (χ2v) is 5.96. The topological polar surface area (TPSA) is 97.4 Å². The molecule has 114 valence electrons. The molecule has 4 unspecified atom stereocenters. The van der Waals surface area contributed by atoms with E-state index in [-0.39, 0.29) is 29.5 Å². The van der Waals surface area contributed by atoms with Gasteiger partial charge in [0.25, 0.3) is 5.91 Å². The Morgan fingerprint density at radius 1 is 1.24 bits per heavy atom. The molecule has 4 N–H and O–H groups in total. The van der Waals surface area contributed by atoms with Gasteiger partial charge in [0.15, 0.2) is 5.76 Å². The molecule has 1 heterocycles. The van der Waals surface area contributed by atoms with Crippen LogP contribution in [0.4, 0.5) is 0 Å². The van der Waals surface area contributed by atoms with E-state index in [9.17, 15) is 9.59 Å². The third-order valence-corrected chi connectivity index (χ3v) is 4.74. The molecule has 0 saturated heterocycles. The van der Waals surface area contributed by atoms with E-state index in [1.807, 2.05) is 0 Å². The molecule has 1 aromatic rings. The monoisotopic (exact) mass is 291 g/mol. The molecule has 2 aliphatic carbocycles. The summed E-state index contributed by atoms with van der Waals surface area (Å²) in [6.07, 6.45) is 4.82. The van der Waals surface area contributed by atoms with Gasteiger partial charge in [-0.1, -0.05) is 0 Å². The zero-order chi connectivity index (χ0) is 14.8. The van der Waals surface area contributed by atoms with Crippen LogP contribution in [0, 0.1) is 17.8 Å². The van der Waals surface area contributed by atoms with Crippen molar-refractivity contribution in [1.82, 2.24) is 10.6 Å². The van der Waals surface area contributed by atoms with E-state index in [1.165, 1.54) is 6.26 Å². The highest BCUT2D eigenvalue weighted by Gasteiger charge is 2.48. The molecule has 6 nitrogen and oxygen atoms in total. The number of amides is 2. The molecule has 3 rings (SSSR count). The van der Waals surface area contributed by atoms with E-state index in [4.69, 9.17) is 10.2 Å². The minimum absolute atomic E-state index is 0.00135. The Morgan fingerprint density at radius 2 is 2.00 bits per heavy atom. The maximum absolute atomic E-state index is 12.2. The number of carbonyl (C=O) groups is 2. The minimum Gasteiger partial charge on any atom is -0.459 e. The van der Waals surface area contributed by atoms with Crippen LogP contribution in [0.25, 0.3) is 0 Å². The fraction of sp³-hybridized carbons (Fsp3) is 0.600. The molecular formula is C15H21N3O3. The standard InChI is InChI=1S/C15H21N3O3/c16-13-10-4-3-9(8-10)12(13)15(20)18-6-5-17-14(19)11-2-1-7-21-11/h1-2,7,9-10,12-13H,3-6,8,16H2,(H,17,19)(H,18,20). The molecular weight excluding hydrogens is 270 g/mol. The predicted octanol–water partition coefficient (Wildman–Crippen LogP) is 0.499. The smallest absolute Gasteiger partial charge is 0.287 e. The maximum atomic E-state index is 12.2. The van der Waals surface area contributed by atoms with Crippen LogP contribution in [0.5, 0.6) is 0 Å². The zero-order valence-corrected chi connectivity index (χ0v) is 11.9. The first-order valence-electron chi connectivity index (χ1n) is 7.52. The molecule has 0 aromatic carbocycles. The van der Waals surface area contributed by atoms with E-state index in [1.54, 1.807) is 12.1 Å². The predicted molar refractivity (Wildman–Crippen MR) is 76.3 cm³/mol. The summed E-state index contributed by atoms with van der Waals surface area (Å²) in [5, 5.41) is 5.57. The van der Waals surface area contributed by atoms with Gasteiger partial charge in [0.05, 0.1) is 12.2 Å². The Bertz CT molecular complexity index is 512. The first-order valence-corrected chi connectivity index (χ1v) is 7.52. The van der Waals surface area contributed by atoms with Crippen LogP contribution in [0.3, 0.4) is 0 Å². The molecule has 0 spiro atoms. The van der Waals surface area contributed by atoms with Crippen LogP contribution < -0.4 is 16.4 Å². The average Bonchev–Trinajstić information content (AvgIpc) is 3.18. The van der Waals surface area contributed by atoms with Crippen molar-refractivity contribution >= 4 is 11.8 Å². The molecule has 2 bridgehead atoms. The summed E-state index contributed by atoms with van der Waals surface area (Å²) >= 11 is 0. The summed E-state index contributed by atoms with van der Waals surface area (Å²) < 4.78 is 4.99. The second kappa shape index (κ2) is 5.89. The van der Waals surface area contributed by atoms with E-state index in [2.05, 4.69) is 10.6 Å². The highest BCUT2D eigenvalue weighted by Crippen LogP contribution is 2.47. The molecule has 2 fully saturated rings. The normalized spacial score (nSPS) is 30.3. The number of furan rings is 1. The number of carbonyl (C=O) groups excluding carboxylic acids is 2. The van der Waals surface area contributed by atoms with Gasteiger partial charge in [-0.15, -0.1) is 0 Å². The van der Waals surface area contributed by atoms with E-state index >= 15 is 0 Å². The summed E-state index contributed by atoms with van der Waals surface area (Å²) in [7, 11) is 0. The van der Waals surface area contributed by atoms with Crippen LogP contribution in [0.2, 0.25) is 0 Å². The number of fused-ring (bicyclic) bond motifs is 2. The van der Waals surface area contributed by atoms with Crippen molar-refractivity contribution in [3.05, 3.63) is 24.2 Å².